The van der Waals surface area contributed by atoms with Crippen molar-refractivity contribution in [2.75, 3.05) is 19.6 Å². The number of rotatable bonds is 9. The number of hydrogen-bond donors (Lipinski definition) is 4. The summed E-state index contributed by atoms with van der Waals surface area (Å²) in [5.41, 5.74) is 0. The van der Waals surface area contributed by atoms with Gasteiger partial charge in [0, 0.05) is 19.5 Å². The molecule has 122 valence electrons. The summed E-state index contributed by atoms with van der Waals surface area (Å²) in [5, 5.41) is 29.2. The van der Waals surface area contributed by atoms with Crippen molar-refractivity contribution in [1.82, 2.24) is 10.2 Å². The highest BCUT2D eigenvalue weighted by atomic mass is 16.4. The van der Waals surface area contributed by atoms with Gasteiger partial charge in [-0.05, 0) is 11.8 Å². The molecule has 0 aliphatic heterocycles. The number of aliphatic hydroxyl groups is 1. The molecule has 2 amide bonds. The van der Waals surface area contributed by atoms with Gasteiger partial charge in [0.25, 0.3) is 0 Å². The molecule has 0 aliphatic carbocycles. The maximum atomic E-state index is 12.0. The molecule has 2 unspecified atom stereocenters. The minimum atomic E-state index is -1.65. The fourth-order valence-corrected chi connectivity index (χ4v) is 1.71. The van der Waals surface area contributed by atoms with Crippen molar-refractivity contribution in [2.24, 2.45) is 11.8 Å². The number of nitrogens with one attached hydrogen (secondary N) is 1. The van der Waals surface area contributed by atoms with Crippen LogP contribution in [0.2, 0.25) is 0 Å². The summed E-state index contributed by atoms with van der Waals surface area (Å²) < 4.78 is 0. The topological polar surface area (TPSA) is 127 Å². The lowest BCUT2D eigenvalue weighted by Gasteiger charge is -2.26. The Hall–Kier alpha value is -1.83. The van der Waals surface area contributed by atoms with Gasteiger partial charge in [-0.2, -0.15) is 0 Å². The van der Waals surface area contributed by atoms with Crippen LogP contribution in [0.25, 0.3) is 0 Å². The zero-order chi connectivity index (χ0) is 16.6. The quantitative estimate of drug-likeness (QED) is 0.482. The smallest absolute Gasteiger partial charge is 0.334 e. The van der Waals surface area contributed by atoms with E-state index in [0.717, 1.165) is 0 Å². The van der Waals surface area contributed by atoms with Crippen molar-refractivity contribution in [2.45, 2.75) is 33.3 Å². The first-order chi connectivity index (χ1) is 9.63. The molecule has 0 fully saturated rings. The van der Waals surface area contributed by atoms with Crippen molar-refractivity contribution in [1.29, 1.82) is 0 Å². The number of hydrogen-bond acceptors (Lipinski definition) is 4. The molecule has 0 heterocycles. The average molecular weight is 304 g/mol. The van der Waals surface area contributed by atoms with E-state index >= 15 is 0 Å². The Balaban J connectivity index is 4.50. The summed E-state index contributed by atoms with van der Waals surface area (Å²) in [5.74, 6) is -2.47. The number of amides is 2. The molecule has 4 N–H and O–H groups in total. The van der Waals surface area contributed by atoms with Crippen molar-refractivity contribution < 1.29 is 29.7 Å². The zero-order valence-electron chi connectivity index (χ0n) is 12.6. The van der Waals surface area contributed by atoms with Crippen molar-refractivity contribution in [3.05, 3.63) is 0 Å². The van der Waals surface area contributed by atoms with Crippen LogP contribution in [-0.2, 0) is 9.59 Å². The minimum Gasteiger partial charge on any atom is -0.481 e. The summed E-state index contributed by atoms with van der Waals surface area (Å²) >= 11 is 0. The maximum absolute atomic E-state index is 12.0. The second-order valence-electron chi connectivity index (χ2n) is 5.54. The highest BCUT2D eigenvalue weighted by Crippen LogP contribution is 2.04. The predicted molar refractivity (Wildman–Crippen MR) is 74.9 cm³/mol. The Morgan fingerprint density at radius 1 is 1.10 bits per heavy atom. The van der Waals surface area contributed by atoms with Crippen LogP contribution in [0, 0.1) is 11.8 Å². The van der Waals surface area contributed by atoms with Crippen molar-refractivity contribution >= 4 is 18.0 Å². The fraction of sp³-hybridized carbons (Fsp3) is 0.769. The summed E-state index contributed by atoms with van der Waals surface area (Å²) in [4.78, 5) is 34.4. The molecule has 8 heteroatoms. The molecule has 0 bridgehead atoms. The van der Waals surface area contributed by atoms with E-state index in [1.54, 1.807) is 6.92 Å². The van der Waals surface area contributed by atoms with E-state index in [0.29, 0.717) is 6.54 Å². The molecule has 0 saturated heterocycles. The standard InChI is InChI=1S/C13H24N2O6/c1-8(2)6-15(7-10(16)12(19)20)13(21)14-5-9(3)4-11(17)18/h8-10,16H,4-7H2,1-3H3,(H,14,21)(H,17,18)(H,19,20). The highest BCUT2D eigenvalue weighted by molar-refractivity contribution is 5.77. The molecule has 0 saturated carbocycles. The largest absolute Gasteiger partial charge is 0.481 e. The number of aliphatic hydroxyl groups excluding tert-OH is 1. The Labute approximate surface area is 123 Å². The molecular formula is C13H24N2O6. The van der Waals surface area contributed by atoms with Gasteiger partial charge in [-0.15, -0.1) is 0 Å². The number of carbonyl (C=O) groups excluding carboxylic acids is 1. The van der Waals surface area contributed by atoms with Gasteiger partial charge in [0.05, 0.1) is 6.54 Å². The minimum absolute atomic E-state index is 0.0673. The van der Waals surface area contributed by atoms with Gasteiger partial charge < -0.3 is 25.5 Å². The normalized spacial score (nSPS) is 13.6. The second-order valence-corrected chi connectivity index (χ2v) is 5.54. The molecule has 0 aromatic rings. The molecule has 0 aliphatic rings. The molecule has 0 aromatic heterocycles. The average Bonchev–Trinajstić information content (AvgIpc) is 2.33. The third-order valence-electron chi connectivity index (χ3n) is 2.68. The van der Waals surface area contributed by atoms with Crippen LogP contribution in [-0.4, -0.2) is 63.9 Å². The molecule has 8 nitrogen and oxygen atoms in total. The van der Waals surface area contributed by atoms with Crippen LogP contribution in [0.15, 0.2) is 0 Å². The van der Waals surface area contributed by atoms with Crippen LogP contribution in [0.5, 0.6) is 0 Å². The lowest BCUT2D eigenvalue weighted by molar-refractivity contribution is -0.147. The first-order valence-corrected chi connectivity index (χ1v) is 6.78. The first kappa shape index (κ1) is 19.2. The third-order valence-corrected chi connectivity index (χ3v) is 2.68. The second kappa shape index (κ2) is 9.17. The van der Waals surface area contributed by atoms with Gasteiger partial charge in [-0.25, -0.2) is 9.59 Å². The van der Waals surface area contributed by atoms with Crippen LogP contribution >= 0.6 is 0 Å². The van der Waals surface area contributed by atoms with Gasteiger partial charge in [-0.1, -0.05) is 20.8 Å². The molecule has 0 rings (SSSR count). The molecule has 21 heavy (non-hydrogen) atoms. The van der Waals surface area contributed by atoms with E-state index in [1.165, 1.54) is 4.90 Å². The summed E-state index contributed by atoms with van der Waals surface area (Å²) in [7, 11) is 0. The zero-order valence-corrected chi connectivity index (χ0v) is 12.6. The summed E-state index contributed by atoms with van der Waals surface area (Å²) in [6, 6.07) is -0.513. The van der Waals surface area contributed by atoms with Crippen LogP contribution in [0.1, 0.15) is 27.2 Å². The highest BCUT2D eigenvalue weighted by Gasteiger charge is 2.23. The number of carboxylic acids is 2. The van der Waals surface area contributed by atoms with E-state index in [2.05, 4.69) is 5.32 Å². The number of nitrogens with zero attached hydrogens (tertiary/aromatic N) is 1. The van der Waals surface area contributed by atoms with Gasteiger partial charge in [-0.3, -0.25) is 4.79 Å². The Kier molecular flexibility index (Phi) is 8.37. The SMILES string of the molecule is CC(C)CN(CC(O)C(=O)O)C(=O)NCC(C)CC(=O)O. The summed E-state index contributed by atoms with van der Waals surface area (Å²) in [6.07, 6.45) is -1.71. The Bertz CT molecular complexity index is 372. The van der Waals surface area contributed by atoms with E-state index in [1.807, 2.05) is 13.8 Å². The van der Waals surface area contributed by atoms with Gasteiger partial charge in [0.2, 0.25) is 0 Å². The molecule has 2 atom stereocenters. The lowest BCUT2D eigenvalue weighted by atomic mass is 10.1. The van der Waals surface area contributed by atoms with E-state index in [9.17, 15) is 19.5 Å². The lowest BCUT2D eigenvalue weighted by Crippen LogP contribution is -2.48. The van der Waals surface area contributed by atoms with Gasteiger partial charge in [0.1, 0.15) is 0 Å². The number of urea groups is 1. The van der Waals surface area contributed by atoms with Crippen LogP contribution in [0.4, 0.5) is 4.79 Å². The Morgan fingerprint density at radius 3 is 2.10 bits per heavy atom. The Morgan fingerprint density at radius 2 is 1.67 bits per heavy atom. The molecule has 0 radical (unpaired) electrons. The number of aliphatic carboxylic acids is 2. The van der Waals surface area contributed by atoms with Gasteiger partial charge >= 0.3 is 18.0 Å². The molecular weight excluding hydrogens is 280 g/mol. The van der Waals surface area contributed by atoms with E-state index in [4.69, 9.17) is 10.2 Å². The number of carbonyl (C=O) groups is 3. The molecule has 0 aromatic carbocycles. The monoisotopic (exact) mass is 304 g/mol. The van der Waals surface area contributed by atoms with Crippen molar-refractivity contribution in [3.8, 4) is 0 Å². The molecule has 0 spiro atoms. The first-order valence-electron chi connectivity index (χ1n) is 6.78. The van der Waals surface area contributed by atoms with E-state index in [-0.39, 0.29) is 31.3 Å². The van der Waals surface area contributed by atoms with Gasteiger partial charge in [0.15, 0.2) is 6.10 Å². The van der Waals surface area contributed by atoms with Crippen molar-refractivity contribution in [3.63, 3.8) is 0 Å². The van der Waals surface area contributed by atoms with Crippen LogP contribution < -0.4 is 5.32 Å². The predicted octanol–water partition coefficient (Wildman–Crippen LogP) is 0.210. The van der Waals surface area contributed by atoms with E-state index < -0.39 is 24.1 Å². The third kappa shape index (κ3) is 8.85. The number of carboxylic acid groups (broad SMARTS) is 2. The fourth-order valence-electron chi connectivity index (χ4n) is 1.71. The summed E-state index contributed by atoms with van der Waals surface area (Å²) in [6.45, 7) is 5.56. The maximum Gasteiger partial charge on any atom is 0.334 e. The van der Waals surface area contributed by atoms with Crippen LogP contribution in [0.3, 0.4) is 0 Å².